The van der Waals surface area contributed by atoms with Crippen LogP contribution in [0.4, 0.5) is 0 Å². The minimum absolute atomic E-state index is 0.287. The van der Waals surface area contributed by atoms with E-state index in [1.165, 1.54) is 77.0 Å². The van der Waals surface area contributed by atoms with Gasteiger partial charge in [0.2, 0.25) is 0 Å². The summed E-state index contributed by atoms with van der Waals surface area (Å²) in [5, 5.41) is 3.70. The quantitative estimate of drug-likeness (QED) is 0.644. The van der Waals surface area contributed by atoms with E-state index in [0.717, 1.165) is 6.54 Å². The maximum absolute atomic E-state index is 6.42. The molecule has 2 fully saturated rings. The molecule has 0 bridgehead atoms. The molecule has 1 saturated carbocycles. The molecule has 0 radical (unpaired) electrons. The van der Waals surface area contributed by atoms with E-state index in [1.54, 1.807) is 0 Å². The van der Waals surface area contributed by atoms with Crippen LogP contribution in [-0.4, -0.2) is 24.3 Å². The first-order chi connectivity index (χ1) is 9.74. The number of ether oxygens (including phenoxy) is 1. The Morgan fingerprint density at radius 2 is 1.90 bits per heavy atom. The second-order valence-corrected chi connectivity index (χ2v) is 7.18. The summed E-state index contributed by atoms with van der Waals surface area (Å²) in [6.07, 6.45) is 16.7. The smallest absolute Gasteiger partial charge is 0.0708 e. The molecule has 1 aliphatic carbocycles. The van der Waals surface area contributed by atoms with Gasteiger partial charge in [-0.2, -0.15) is 0 Å². The van der Waals surface area contributed by atoms with Crippen molar-refractivity contribution in [3.05, 3.63) is 0 Å². The van der Waals surface area contributed by atoms with Gasteiger partial charge in [-0.05, 0) is 39.0 Å². The lowest BCUT2D eigenvalue weighted by atomic mass is 9.83. The second-order valence-electron chi connectivity index (χ2n) is 7.18. The molecule has 2 aliphatic rings. The van der Waals surface area contributed by atoms with E-state index < -0.39 is 0 Å². The van der Waals surface area contributed by atoms with E-state index in [9.17, 15) is 0 Å². The van der Waals surface area contributed by atoms with E-state index in [1.807, 2.05) is 0 Å². The van der Waals surface area contributed by atoms with Gasteiger partial charge in [-0.15, -0.1) is 0 Å². The minimum atomic E-state index is 0.287. The van der Waals surface area contributed by atoms with E-state index in [0.29, 0.717) is 12.1 Å². The standard InChI is InChI=1S/C18H35NO/c1-3-4-5-7-10-16(2)19-15-17-11-14-18(20-17)12-8-6-9-13-18/h16-17,19H,3-15H2,1-2H3. The van der Waals surface area contributed by atoms with Crippen LogP contribution >= 0.6 is 0 Å². The van der Waals surface area contributed by atoms with Gasteiger partial charge in [-0.1, -0.05) is 51.9 Å². The Bertz CT molecular complexity index is 260. The average Bonchev–Trinajstić information content (AvgIpc) is 2.85. The van der Waals surface area contributed by atoms with Crippen LogP contribution in [0, 0.1) is 0 Å². The number of unbranched alkanes of at least 4 members (excludes halogenated alkanes) is 3. The maximum atomic E-state index is 6.42. The fraction of sp³-hybridized carbons (Fsp3) is 1.00. The first kappa shape index (κ1) is 16.3. The monoisotopic (exact) mass is 281 g/mol. The molecule has 1 heterocycles. The number of nitrogens with one attached hydrogen (secondary N) is 1. The Morgan fingerprint density at radius 3 is 2.65 bits per heavy atom. The molecule has 1 spiro atoms. The fourth-order valence-electron chi connectivity index (χ4n) is 3.92. The summed E-state index contributed by atoms with van der Waals surface area (Å²) < 4.78 is 6.42. The van der Waals surface area contributed by atoms with E-state index in [2.05, 4.69) is 19.2 Å². The number of hydrogen-bond donors (Lipinski definition) is 1. The zero-order valence-electron chi connectivity index (χ0n) is 13.8. The van der Waals surface area contributed by atoms with Crippen LogP contribution < -0.4 is 5.32 Å². The van der Waals surface area contributed by atoms with E-state index in [-0.39, 0.29) is 5.60 Å². The molecule has 2 nitrogen and oxygen atoms in total. The summed E-state index contributed by atoms with van der Waals surface area (Å²) in [5.74, 6) is 0. The third-order valence-electron chi connectivity index (χ3n) is 5.29. The zero-order chi connectivity index (χ0) is 14.3. The summed E-state index contributed by atoms with van der Waals surface area (Å²) in [7, 11) is 0. The zero-order valence-corrected chi connectivity index (χ0v) is 13.8. The van der Waals surface area contributed by atoms with Gasteiger partial charge in [-0.25, -0.2) is 0 Å². The van der Waals surface area contributed by atoms with Crippen molar-refractivity contribution in [2.45, 2.75) is 109 Å². The van der Waals surface area contributed by atoms with E-state index >= 15 is 0 Å². The van der Waals surface area contributed by atoms with Crippen LogP contribution in [0.5, 0.6) is 0 Å². The fourth-order valence-corrected chi connectivity index (χ4v) is 3.92. The molecule has 2 rings (SSSR count). The van der Waals surface area contributed by atoms with Crippen molar-refractivity contribution in [1.29, 1.82) is 0 Å². The van der Waals surface area contributed by atoms with E-state index in [4.69, 9.17) is 4.74 Å². The lowest BCUT2D eigenvalue weighted by Crippen LogP contribution is -2.37. The Kier molecular flexibility index (Phi) is 6.83. The molecule has 1 aliphatic heterocycles. The minimum Gasteiger partial charge on any atom is -0.370 e. The molecule has 0 aromatic heterocycles. The van der Waals surface area contributed by atoms with Crippen molar-refractivity contribution in [3.8, 4) is 0 Å². The van der Waals surface area contributed by atoms with Crippen molar-refractivity contribution in [2.24, 2.45) is 0 Å². The molecule has 2 unspecified atom stereocenters. The highest BCUT2D eigenvalue weighted by molar-refractivity contribution is 4.91. The summed E-state index contributed by atoms with van der Waals surface area (Å²) >= 11 is 0. The predicted molar refractivity (Wildman–Crippen MR) is 86.1 cm³/mol. The van der Waals surface area contributed by atoms with Crippen LogP contribution in [-0.2, 0) is 4.74 Å². The van der Waals surface area contributed by atoms with Crippen molar-refractivity contribution in [3.63, 3.8) is 0 Å². The molecular formula is C18H35NO. The lowest BCUT2D eigenvalue weighted by Gasteiger charge is -2.33. The normalized spacial score (nSPS) is 27.0. The first-order valence-corrected chi connectivity index (χ1v) is 9.15. The van der Waals surface area contributed by atoms with Crippen LogP contribution in [0.25, 0.3) is 0 Å². The first-order valence-electron chi connectivity index (χ1n) is 9.15. The molecule has 1 saturated heterocycles. The molecule has 0 amide bonds. The van der Waals surface area contributed by atoms with Gasteiger partial charge in [0.05, 0.1) is 11.7 Å². The second kappa shape index (κ2) is 8.38. The Balaban J connectivity index is 1.58. The van der Waals surface area contributed by atoms with Crippen molar-refractivity contribution >= 4 is 0 Å². The summed E-state index contributed by atoms with van der Waals surface area (Å²) in [6, 6.07) is 0.651. The molecule has 0 aromatic rings. The SMILES string of the molecule is CCCCCCC(C)NCC1CCC2(CCCCC2)O1. The van der Waals surface area contributed by atoms with Crippen molar-refractivity contribution < 1.29 is 4.74 Å². The number of hydrogen-bond acceptors (Lipinski definition) is 2. The third kappa shape index (κ3) is 5.04. The molecule has 0 aromatic carbocycles. The molecule has 20 heavy (non-hydrogen) atoms. The maximum Gasteiger partial charge on any atom is 0.0708 e. The molecule has 1 N–H and O–H groups in total. The van der Waals surface area contributed by atoms with Gasteiger partial charge in [0.25, 0.3) is 0 Å². The molecule has 2 heteroatoms. The van der Waals surface area contributed by atoms with Crippen LogP contribution in [0.15, 0.2) is 0 Å². The highest BCUT2D eigenvalue weighted by Gasteiger charge is 2.40. The van der Waals surface area contributed by atoms with Gasteiger partial charge in [0.1, 0.15) is 0 Å². The highest BCUT2D eigenvalue weighted by Crippen LogP contribution is 2.41. The van der Waals surface area contributed by atoms with Gasteiger partial charge in [-0.3, -0.25) is 0 Å². The average molecular weight is 281 g/mol. The Labute approximate surface area is 126 Å². The Hall–Kier alpha value is -0.0800. The van der Waals surface area contributed by atoms with Crippen LogP contribution in [0.3, 0.4) is 0 Å². The van der Waals surface area contributed by atoms with Gasteiger partial charge in [0, 0.05) is 12.6 Å². The summed E-state index contributed by atoms with van der Waals surface area (Å²) in [5.41, 5.74) is 0.287. The van der Waals surface area contributed by atoms with Crippen molar-refractivity contribution in [2.75, 3.05) is 6.54 Å². The Morgan fingerprint density at radius 1 is 1.10 bits per heavy atom. The predicted octanol–water partition coefficient (Wildman–Crippen LogP) is 4.82. The van der Waals surface area contributed by atoms with Gasteiger partial charge >= 0.3 is 0 Å². The topological polar surface area (TPSA) is 21.3 Å². The summed E-state index contributed by atoms with van der Waals surface area (Å²) in [4.78, 5) is 0. The number of rotatable bonds is 8. The molecule has 118 valence electrons. The lowest BCUT2D eigenvalue weighted by molar-refractivity contribution is -0.0629. The van der Waals surface area contributed by atoms with Gasteiger partial charge in [0.15, 0.2) is 0 Å². The van der Waals surface area contributed by atoms with Crippen LogP contribution in [0.1, 0.15) is 90.9 Å². The summed E-state index contributed by atoms with van der Waals surface area (Å²) in [6.45, 7) is 5.67. The van der Waals surface area contributed by atoms with Crippen LogP contribution in [0.2, 0.25) is 0 Å². The third-order valence-corrected chi connectivity index (χ3v) is 5.29. The highest BCUT2D eigenvalue weighted by atomic mass is 16.5. The van der Waals surface area contributed by atoms with Gasteiger partial charge < -0.3 is 10.1 Å². The molecule has 2 atom stereocenters. The van der Waals surface area contributed by atoms with Crippen molar-refractivity contribution in [1.82, 2.24) is 5.32 Å². The largest absolute Gasteiger partial charge is 0.370 e. The molecular weight excluding hydrogens is 246 g/mol.